The Kier molecular flexibility index (Phi) is 9.27. The lowest BCUT2D eigenvalue weighted by Gasteiger charge is -2.16. The van der Waals surface area contributed by atoms with E-state index in [-0.39, 0.29) is 24.6 Å². The van der Waals surface area contributed by atoms with Crippen LogP contribution in [0.2, 0.25) is 0 Å². The van der Waals surface area contributed by atoms with Crippen LogP contribution in [0.15, 0.2) is 15.8 Å². The molecule has 1 aromatic heterocycles. The monoisotopic (exact) mass is 414 g/mol. The van der Waals surface area contributed by atoms with Crippen LogP contribution in [-0.2, 0) is 25.4 Å². The Hall–Kier alpha value is -1.58. The number of aryl methyl sites for hydroxylation is 1. The second kappa shape index (κ2) is 11.4. The van der Waals surface area contributed by atoms with Crippen LogP contribution in [0.4, 0.5) is 0 Å². The molecule has 1 aliphatic rings. The van der Waals surface area contributed by atoms with Crippen LogP contribution in [0.25, 0.3) is 0 Å². The fourth-order valence-corrected chi connectivity index (χ4v) is 3.64. The highest BCUT2D eigenvalue weighted by atomic mass is 32.2. The molecule has 0 aliphatic carbocycles. The average molecular weight is 415 g/mol. The summed E-state index contributed by atoms with van der Waals surface area (Å²) in [4.78, 5) is 38.3. The minimum absolute atomic E-state index is 0.0807. The third kappa shape index (κ3) is 6.49. The van der Waals surface area contributed by atoms with Crippen molar-refractivity contribution in [1.82, 2.24) is 9.55 Å². The maximum absolute atomic E-state index is 12.2. The van der Waals surface area contributed by atoms with Crippen molar-refractivity contribution in [3.05, 3.63) is 32.6 Å². The first-order valence-electron chi connectivity index (χ1n) is 9.59. The van der Waals surface area contributed by atoms with Crippen molar-refractivity contribution in [1.29, 1.82) is 0 Å². The molecule has 9 heteroatoms. The minimum atomic E-state index is -0.482. The lowest BCUT2D eigenvalue weighted by atomic mass is 10.0. The highest BCUT2D eigenvalue weighted by Crippen LogP contribution is 2.32. The fraction of sp³-hybridized carbons (Fsp3) is 0.737. The Morgan fingerprint density at radius 3 is 2.89 bits per heavy atom. The number of nitrogens with zero attached hydrogens (tertiary/aromatic N) is 1. The number of carbonyl (C=O) groups is 1. The summed E-state index contributed by atoms with van der Waals surface area (Å²) in [5, 5.41) is 0. The molecule has 0 saturated carbocycles. The number of aromatic amines is 1. The molecule has 2 rings (SSSR count). The van der Waals surface area contributed by atoms with Gasteiger partial charge in [-0.25, -0.2) is 4.79 Å². The van der Waals surface area contributed by atoms with Crippen LogP contribution in [0.3, 0.4) is 0 Å². The van der Waals surface area contributed by atoms with Crippen molar-refractivity contribution in [3.8, 4) is 0 Å². The summed E-state index contributed by atoms with van der Waals surface area (Å²) in [6.07, 6.45) is 5.87. The molecule has 2 heterocycles. The molecular formula is C19H30N2O6S. The Balaban J connectivity index is 1.92. The molecule has 0 radical (unpaired) electrons. The van der Waals surface area contributed by atoms with E-state index in [0.717, 1.165) is 12.2 Å². The number of ether oxygens (including phenoxy) is 3. The molecule has 8 nitrogen and oxygen atoms in total. The van der Waals surface area contributed by atoms with Gasteiger partial charge in [0.15, 0.2) is 0 Å². The maximum Gasteiger partial charge on any atom is 0.330 e. The van der Waals surface area contributed by atoms with Gasteiger partial charge in [-0.05, 0) is 43.6 Å². The largest absolute Gasteiger partial charge is 0.466 e. The van der Waals surface area contributed by atoms with Gasteiger partial charge in [0.2, 0.25) is 0 Å². The first-order chi connectivity index (χ1) is 13.5. The predicted octanol–water partition coefficient (Wildman–Crippen LogP) is 1.73. The lowest BCUT2D eigenvalue weighted by molar-refractivity contribution is -0.143. The van der Waals surface area contributed by atoms with Gasteiger partial charge in [-0.3, -0.25) is 19.1 Å². The molecule has 1 aliphatic heterocycles. The number of thioether (sulfide) groups is 1. The summed E-state index contributed by atoms with van der Waals surface area (Å²) in [5.74, 6) is 0.960. The van der Waals surface area contributed by atoms with Crippen LogP contribution in [0, 0.1) is 5.92 Å². The number of aromatic nitrogens is 2. The predicted molar refractivity (Wildman–Crippen MR) is 108 cm³/mol. The van der Waals surface area contributed by atoms with E-state index in [1.54, 1.807) is 25.1 Å². The second-order valence-electron chi connectivity index (χ2n) is 7.04. The van der Waals surface area contributed by atoms with Gasteiger partial charge in [0.1, 0.15) is 6.23 Å². The summed E-state index contributed by atoms with van der Waals surface area (Å²) in [7, 11) is 1.61. The fourth-order valence-electron chi connectivity index (χ4n) is 3.21. The highest BCUT2D eigenvalue weighted by Gasteiger charge is 2.33. The average Bonchev–Trinajstić information content (AvgIpc) is 3.01. The third-order valence-electron chi connectivity index (χ3n) is 4.81. The zero-order valence-electron chi connectivity index (χ0n) is 16.8. The van der Waals surface area contributed by atoms with E-state index in [4.69, 9.17) is 14.2 Å². The molecule has 1 fully saturated rings. The van der Waals surface area contributed by atoms with Crippen molar-refractivity contribution in [2.75, 3.05) is 32.3 Å². The molecule has 0 bridgehead atoms. The van der Waals surface area contributed by atoms with E-state index in [0.29, 0.717) is 37.9 Å². The number of esters is 1. The summed E-state index contributed by atoms with van der Waals surface area (Å²) < 4.78 is 17.7. The van der Waals surface area contributed by atoms with Crippen LogP contribution in [0.5, 0.6) is 0 Å². The molecule has 158 valence electrons. The summed E-state index contributed by atoms with van der Waals surface area (Å²) >= 11 is 1.70. The number of methoxy groups -OCH3 is 1. The molecule has 0 spiro atoms. The van der Waals surface area contributed by atoms with Crippen LogP contribution in [0.1, 0.15) is 44.4 Å². The molecule has 1 N–H and O–H groups in total. The molecule has 0 amide bonds. The summed E-state index contributed by atoms with van der Waals surface area (Å²) in [6, 6.07) is 0. The Morgan fingerprint density at radius 2 is 2.18 bits per heavy atom. The standard InChI is InChI=1S/C19H30N2O6S/c1-13-10-16(27-15(13)12-25-2)21-11-14(18(23)20-19(21)24)6-4-8-26-17(22)7-5-9-28-3/h11,13,15-16H,4-10,12H2,1-3H3,(H,20,23,24). The summed E-state index contributed by atoms with van der Waals surface area (Å²) in [5.41, 5.74) is -0.416. The van der Waals surface area contributed by atoms with E-state index in [1.807, 2.05) is 6.26 Å². The number of H-pyrrole nitrogens is 1. The smallest absolute Gasteiger partial charge is 0.330 e. The Labute approximate surface area is 168 Å². The van der Waals surface area contributed by atoms with Gasteiger partial charge in [-0.1, -0.05) is 6.92 Å². The molecular weight excluding hydrogens is 384 g/mol. The van der Waals surface area contributed by atoms with Gasteiger partial charge in [0.05, 0.1) is 19.3 Å². The van der Waals surface area contributed by atoms with Gasteiger partial charge in [-0.15, -0.1) is 0 Å². The van der Waals surface area contributed by atoms with E-state index in [2.05, 4.69) is 11.9 Å². The number of rotatable bonds is 11. The zero-order chi connectivity index (χ0) is 20.5. The lowest BCUT2D eigenvalue weighted by Crippen LogP contribution is -2.34. The van der Waals surface area contributed by atoms with E-state index in [9.17, 15) is 14.4 Å². The first-order valence-corrected chi connectivity index (χ1v) is 11.0. The quantitative estimate of drug-likeness (QED) is 0.435. The first kappa shape index (κ1) is 22.7. The number of carbonyl (C=O) groups excluding carboxylic acids is 1. The maximum atomic E-state index is 12.2. The molecule has 3 atom stereocenters. The van der Waals surface area contributed by atoms with Crippen LogP contribution >= 0.6 is 11.8 Å². The van der Waals surface area contributed by atoms with Crippen LogP contribution < -0.4 is 11.2 Å². The Morgan fingerprint density at radius 1 is 1.39 bits per heavy atom. The van der Waals surface area contributed by atoms with E-state index in [1.165, 1.54) is 4.57 Å². The van der Waals surface area contributed by atoms with Crippen molar-refractivity contribution in [2.24, 2.45) is 5.92 Å². The number of hydrogen-bond donors (Lipinski definition) is 1. The van der Waals surface area contributed by atoms with Gasteiger partial charge in [0, 0.05) is 25.3 Å². The topological polar surface area (TPSA) is 99.6 Å². The van der Waals surface area contributed by atoms with Crippen molar-refractivity contribution >= 4 is 17.7 Å². The number of nitrogens with one attached hydrogen (secondary N) is 1. The molecule has 3 unspecified atom stereocenters. The molecule has 28 heavy (non-hydrogen) atoms. The van der Waals surface area contributed by atoms with E-state index >= 15 is 0 Å². The van der Waals surface area contributed by atoms with Gasteiger partial charge >= 0.3 is 11.7 Å². The van der Waals surface area contributed by atoms with Gasteiger partial charge in [-0.2, -0.15) is 11.8 Å². The van der Waals surface area contributed by atoms with E-state index < -0.39 is 17.5 Å². The number of hydrogen-bond acceptors (Lipinski definition) is 7. The SMILES string of the molecule is COCC1OC(n2cc(CCCOC(=O)CCCSC)c(=O)[nH]c2=O)CC1C. The third-order valence-corrected chi connectivity index (χ3v) is 5.50. The zero-order valence-corrected chi connectivity index (χ0v) is 17.6. The van der Waals surface area contributed by atoms with Crippen molar-refractivity contribution in [2.45, 2.75) is 51.4 Å². The minimum Gasteiger partial charge on any atom is -0.466 e. The van der Waals surface area contributed by atoms with Crippen LogP contribution in [-0.4, -0.2) is 54.0 Å². The van der Waals surface area contributed by atoms with Crippen molar-refractivity contribution < 1.29 is 19.0 Å². The van der Waals surface area contributed by atoms with Crippen molar-refractivity contribution in [3.63, 3.8) is 0 Å². The molecule has 1 saturated heterocycles. The molecule has 1 aromatic rings. The van der Waals surface area contributed by atoms with Gasteiger partial charge in [0.25, 0.3) is 5.56 Å². The van der Waals surface area contributed by atoms with Gasteiger partial charge < -0.3 is 14.2 Å². The molecule has 0 aromatic carbocycles. The second-order valence-corrected chi connectivity index (χ2v) is 8.02. The normalized spacial score (nSPS) is 21.8. The highest BCUT2D eigenvalue weighted by molar-refractivity contribution is 7.98. The Bertz CT molecular complexity index is 747. The summed E-state index contributed by atoms with van der Waals surface area (Å²) in [6.45, 7) is 2.77.